The standard InChI is InChI=1S/C19H23FN3O2S.Y/c1-4-13(2)23-17(11-20)19(24)15-7-5-14(6-8-15)16-9-10-18(22-12-16)26(3,21)25;/h4-10,12,17,19,21,23-24H,2,11H2,1,3H3;/q-1;. The van der Waals surface area contributed by atoms with Crippen LogP contribution in [0.15, 0.2) is 59.9 Å². The molecule has 0 aliphatic rings. The van der Waals surface area contributed by atoms with Gasteiger partial charge < -0.3 is 10.4 Å². The van der Waals surface area contributed by atoms with Gasteiger partial charge in [-0.05, 0) is 17.2 Å². The second kappa shape index (κ2) is 10.3. The molecule has 0 aliphatic heterocycles. The second-order valence-electron chi connectivity index (χ2n) is 6.01. The van der Waals surface area contributed by atoms with Crippen LogP contribution in [0, 0.1) is 11.2 Å². The average Bonchev–Trinajstić information content (AvgIpc) is 2.65. The van der Waals surface area contributed by atoms with Crippen molar-refractivity contribution in [2.24, 2.45) is 0 Å². The maximum Gasteiger partial charge on any atom is 0.135 e. The number of halogens is 1. The molecular formula is C19H23FN3O2SY-. The van der Waals surface area contributed by atoms with Crippen molar-refractivity contribution in [3.8, 4) is 11.1 Å². The molecule has 5 nitrogen and oxygen atoms in total. The van der Waals surface area contributed by atoms with Gasteiger partial charge in [0.2, 0.25) is 0 Å². The first-order valence-corrected chi connectivity index (χ1v) is 10.0. The minimum absolute atomic E-state index is 0. The van der Waals surface area contributed by atoms with E-state index in [9.17, 15) is 13.7 Å². The van der Waals surface area contributed by atoms with Crippen molar-refractivity contribution in [2.75, 3.05) is 12.9 Å². The molecule has 1 aromatic carbocycles. The molecule has 2 rings (SSSR count). The first-order chi connectivity index (χ1) is 12.3. The predicted octanol–water partition coefficient (Wildman–Crippen LogP) is 3.48. The number of alkyl halides is 1. The molecule has 0 amide bonds. The normalized spacial score (nSPS) is 15.0. The molecule has 0 saturated heterocycles. The zero-order valence-corrected chi connectivity index (χ0v) is 19.0. The smallest absolute Gasteiger partial charge is 0.135 e. The monoisotopic (exact) mass is 465 g/mol. The molecule has 1 radical (unpaired) electrons. The molecule has 1 heterocycles. The Hall–Kier alpha value is -1.28. The number of hydrogen-bond donors (Lipinski definition) is 3. The SMILES string of the molecule is C=C([CH-]C)NC(CF)C(O)c1ccc(-c2ccc(S(C)(=N)=O)nc2)cc1.[Y]. The van der Waals surface area contributed by atoms with Gasteiger partial charge in [-0.2, -0.15) is 0 Å². The summed E-state index contributed by atoms with van der Waals surface area (Å²) in [4.78, 5) is 4.08. The number of rotatable bonds is 8. The van der Waals surface area contributed by atoms with Crippen LogP contribution in [0.1, 0.15) is 18.6 Å². The van der Waals surface area contributed by atoms with Crippen molar-refractivity contribution in [3.63, 3.8) is 0 Å². The minimum atomic E-state index is -2.84. The molecule has 0 bridgehead atoms. The third-order valence-electron chi connectivity index (χ3n) is 3.99. The fourth-order valence-corrected chi connectivity index (χ4v) is 2.99. The third kappa shape index (κ3) is 6.38. The van der Waals surface area contributed by atoms with Gasteiger partial charge in [-0.15, -0.1) is 12.6 Å². The van der Waals surface area contributed by atoms with Gasteiger partial charge in [-0.3, -0.25) is 0 Å². The van der Waals surface area contributed by atoms with Gasteiger partial charge in [0.25, 0.3) is 0 Å². The number of benzene rings is 1. The Morgan fingerprint density at radius 2 is 1.93 bits per heavy atom. The molecule has 3 unspecified atom stereocenters. The number of nitrogens with zero attached hydrogens (tertiary/aromatic N) is 1. The van der Waals surface area contributed by atoms with Crippen LogP contribution < -0.4 is 5.32 Å². The largest absolute Gasteiger partial charge is 0.410 e. The molecule has 0 spiro atoms. The van der Waals surface area contributed by atoms with E-state index in [0.29, 0.717) is 11.3 Å². The van der Waals surface area contributed by atoms with E-state index in [1.54, 1.807) is 55.9 Å². The summed E-state index contributed by atoms with van der Waals surface area (Å²) < 4.78 is 32.5. The maximum absolute atomic E-state index is 13.2. The molecule has 27 heavy (non-hydrogen) atoms. The van der Waals surface area contributed by atoms with Crippen molar-refractivity contribution >= 4 is 9.73 Å². The Bertz CT molecular complexity index is 856. The number of aliphatic hydroxyl groups excluding tert-OH is 1. The summed E-state index contributed by atoms with van der Waals surface area (Å²) >= 11 is 0. The summed E-state index contributed by atoms with van der Waals surface area (Å²) in [5.74, 6) is 0. The number of aromatic nitrogens is 1. The molecule has 143 valence electrons. The number of allylic oxidation sites excluding steroid dienone is 1. The van der Waals surface area contributed by atoms with Crippen LogP contribution in [0.3, 0.4) is 0 Å². The number of nitrogens with one attached hydrogen (secondary N) is 2. The zero-order chi connectivity index (χ0) is 19.3. The van der Waals surface area contributed by atoms with Gasteiger partial charge in [-0.25, -0.2) is 31.4 Å². The Kier molecular flexibility index (Phi) is 9.08. The molecule has 1 aromatic heterocycles. The summed E-state index contributed by atoms with van der Waals surface area (Å²) in [6.07, 6.45) is 3.58. The van der Waals surface area contributed by atoms with E-state index in [2.05, 4.69) is 16.9 Å². The fourth-order valence-electron chi connectivity index (χ4n) is 2.41. The van der Waals surface area contributed by atoms with Crippen LogP contribution >= 0.6 is 0 Å². The van der Waals surface area contributed by atoms with Crippen molar-refractivity contribution in [3.05, 3.63) is 66.9 Å². The Labute approximate surface area is 185 Å². The molecular weight excluding hydrogens is 442 g/mol. The molecule has 3 N–H and O–H groups in total. The van der Waals surface area contributed by atoms with Gasteiger partial charge in [0, 0.05) is 50.7 Å². The molecule has 0 saturated carbocycles. The molecule has 3 atom stereocenters. The number of aliphatic hydroxyl groups is 1. The molecule has 0 aliphatic carbocycles. The summed E-state index contributed by atoms with van der Waals surface area (Å²) in [6.45, 7) is 4.78. The summed E-state index contributed by atoms with van der Waals surface area (Å²) in [7, 11) is -2.84. The van der Waals surface area contributed by atoms with Crippen molar-refractivity contribution in [1.82, 2.24) is 10.3 Å². The van der Waals surface area contributed by atoms with E-state index in [1.165, 1.54) is 6.26 Å². The van der Waals surface area contributed by atoms with Gasteiger partial charge in [0.05, 0.1) is 15.8 Å². The van der Waals surface area contributed by atoms with E-state index in [1.807, 2.05) is 0 Å². The summed E-state index contributed by atoms with van der Waals surface area (Å²) in [5, 5.41) is 13.5. The maximum atomic E-state index is 13.2. The van der Waals surface area contributed by atoms with Gasteiger partial charge in [0.1, 0.15) is 17.8 Å². The predicted molar refractivity (Wildman–Crippen MR) is 102 cm³/mol. The van der Waals surface area contributed by atoms with E-state index in [0.717, 1.165) is 11.1 Å². The third-order valence-corrected chi connectivity index (χ3v) is 5.03. The Balaban J connectivity index is 0.00000364. The summed E-state index contributed by atoms with van der Waals surface area (Å²) in [6, 6.07) is 9.60. The topological polar surface area (TPSA) is 86.1 Å². The van der Waals surface area contributed by atoms with E-state index in [4.69, 9.17) is 4.78 Å². The Morgan fingerprint density at radius 1 is 1.33 bits per heavy atom. The van der Waals surface area contributed by atoms with Crippen LogP contribution in [0.4, 0.5) is 4.39 Å². The van der Waals surface area contributed by atoms with E-state index in [-0.39, 0.29) is 37.7 Å². The van der Waals surface area contributed by atoms with Crippen molar-refractivity contribution < 1.29 is 46.4 Å². The molecule has 0 fully saturated rings. The number of hydrogen-bond acceptors (Lipinski definition) is 5. The minimum Gasteiger partial charge on any atom is -0.410 e. The van der Waals surface area contributed by atoms with Crippen molar-refractivity contribution in [1.29, 1.82) is 4.78 Å². The van der Waals surface area contributed by atoms with E-state index < -0.39 is 28.5 Å². The quantitative estimate of drug-likeness (QED) is 0.521. The van der Waals surface area contributed by atoms with Crippen LogP contribution in [0.2, 0.25) is 0 Å². The van der Waals surface area contributed by atoms with Crippen LogP contribution in [-0.4, -0.2) is 33.3 Å². The van der Waals surface area contributed by atoms with E-state index >= 15 is 0 Å². The van der Waals surface area contributed by atoms with Crippen LogP contribution in [0.25, 0.3) is 11.1 Å². The molecule has 8 heteroatoms. The van der Waals surface area contributed by atoms with Crippen LogP contribution in [-0.2, 0) is 42.4 Å². The number of pyridine rings is 1. The first kappa shape index (κ1) is 23.8. The van der Waals surface area contributed by atoms with Gasteiger partial charge in [0.15, 0.2) is 0 Å². The van der Waals surface area contributed by atoms with Gasteiger partial charge >= 0.3 is 0 Å². The van der Waals surface area contributed by atoms with Crippen molar-refractivity contribution in [2.45, 2.75) is 24.1 Å². The van der Waals surface area contributed by atoms with Crippen LogP contribution in [0.5, 0.6) is 0 Å². The fraction of sp³-hybridized carbons (Fsp3) is 0.263. The second-order valence-corrected chi connectivity index (χ2v) is 8.12. The zero-order valence-electron chi connectivity index (χ0n) is 15.4. The first-order valence-electron chi connectivity index (χ1n) is 8.05. The van der Waals surface area contributed by atoms with Gasteiger partial charge in [-0.1, -0.05) is 30.3 Å². The average molecular weight is 465 g/mol. The summed E-state index contributed by atoms with van der Waals surface area (Å²) in [5.41, 5.74) is 2.78. The Morgan fingerprint density at radius 3 is 2.37 bits per heavy atom. The molecule has 2 aromatic rings.